The molecular formula is C13H19NO3. The SMILES string of the molecule is CC(C)C(O)CNCc1ccccc1C(=O)O. The monoisotopic (exact) mass is 237 g/mol. The summed E-state index contributed by atoms with van der Waals surface area (Å²) in [6.07, 6.45) is -0.410. The molecule has 0 bridgehead atoms. The Morgan fingerprint density at radius 2 is 2.00 bits per heavy atom. The third kappa shape index (κ3) is 4.17. The summed E-state index contributed by atoms with van der Waals surface area (Å²) in [6, 6.07) is 6.87. The van der Waals surface area contributed by atoms with Crippen molar-refractivity contribution in [3.05, 3.63) is 35.4 Å². The van der Waals surface area contributed by atoms with E-state index in [0.29, 0.717) is 18.7 Å². The van der Waals surface area contributed by atoms with E-state index in [2.05, 4.69) is 5.32 Å². The van der Waals surface area contributed by atoms with Crippen molar-refractivity contribution < 1.29 is 15.0 Å². The molecule has 0 aliphatic heterocycles. The predicted octanol–water partition coefficient (Wildman–Crippen LogP) is 1.49. The fraction of sp³-hybridized carbons (Fsp3) is 0.462. The van der Waals surface area contributed by atoms with Gasteiger partial charge in [-0.05, 0) is 17.5 Å². The zero-order valence-corrected chi connectivity index (χ0v) is 10.2. The third-order valence-electron chi connectivity index (χ3n) is 2.69. The molecule has 0 radical (unpaired) electrons. The lowest BCUT2D eigenvalue weighted by Gasteiger charge is -2.15. The molecule has 1 rings (SSSR count). The highest BCUT2D eigenvalue weighted by molar-refractivity contribution is 5.89. The van der Waals surface area contributed by atoms with E-state index in [1.807, 2.05) is 19.9 Å². The van der Waals surface area contributed by atoms with Crippen LogP contribution >= 0.6 is 0 Å². The summed E-state index contributed by atoms with van der Waals surface area (Å²) in [5, 5.41) is 21.7. The number of hydrogen-bond donors (Lipinski definition) is 3. The summed E-state index contributed by atoms with van der Waals surface area (Å²) in [4.78, 5) is 10.9. The highest BCUT2D eigenvalue weighted by Gasteiger charge is 2.11. The molecule has 1 aromatic carbocycles. The van der Waals surface area contributed by atoms with Crippen molar-refractivity contribution in [2.45, 2.75) is 26.5 Å². The molecule has 0 saturated heterocycles. The minimum absolute atomic E-state index is 0.192. The molecule has 0 aliphatic rings. The number of carboxylic acids is 1. The van der Waals surface area contributed by atoms with E-state index in [9.17, 15) is 9.90 Å². The van der Waals surface area contributed by atoms with Gasteiger partial charge in [0.2, 0.25) is 0 Å². The van der Waals surface area contributed by atoms with Gasteiger partial charge in [0.15, 0.2) is 0 Å². The van der Waals surface area contributed by atoms with Crippen molar-refractivity contribution in [3.8, 4) is 0 Å². The van der Waals surface area contributed by atoms with E-state index in [4.69, 9.17) is 5.11 Å². The van der Waals surface area contributed by atoms with Gasteiger partial charge in [-0.25, -0.2) is 4.79 Å². The summed E-state index contributed by atoms with van der Waals surface area (Å²) in [5.74, 6) is -0.732. The van der Waals surface area contributed by atoms with Gasteiger partial charge in [0.05, 0.1) is 11.7 Å². The zero-order valence-electron chi connectivity index (χ0n) is 10.2. The van der Waals surface area contributed by atoms with Gasteiger partial charge in [0.25, 0.3) is 0 Å². The first kappa shape index (κ1) is 13.7. The summed E-state index contributed by atoms with van der Waals surface area (Å²) in [6.45, 7) is 4.80. The topological polar surface area (TPSA) is 69.6 Å². The van der Waals surface area contributed by atoms with Crippen LogP contribution in [-0.2, 0) is 6.54 Å². The van der Waals surface area contributed by atoms with Crippen LogP contribution < -0.4 is 5.32 Å². The summed E-state index contributed by atoms with van der Waals surface area (Å²) >= 11 is 0. The van der Waals surface area contributed by atoms with Crippen LogP contribution in [0.2, 0.25) is 0 Å². The molecular weight excluding hydrogens is 218 g/mol. The van der Waals surface area contributed by atoms with E-state index in [1.54, 1.807) is 18.2 Å². The first-order valence-electron chi connectivity index (χ1n) is 5.72. The largest absolute Gasteiger partial charge is 0.478 e. The van der Waals surface area contributed by atoms with Gasteiger partial charge in [-0.15, -0.1) is 0 Å². The summed E-state index contributed by atoms with van der Waals surface area (Å²) in [5.41, 5.74) is 1.04. The van der Waals surface area contributed by atoms with Gasteiger partial charge in [-0.3, -0.25) is 0 Å². The lowest BCUT2D eigenvalue weighted by molar-refractivity contribution is 0.0695. The minimum atomic E-state index is -0.924. The number of benzene rings is 1. The molecule has 17 heavy (non-hydrogen) atoms. The molecule has 0 saturated carbocycles. The summed E-state index contributed by atoms with van der Waals surface area (Å²) < 4.78 is 0. The van der Waals surface area contributed by atoms with Gasteiger partial charge >= 0.3 is 5.97 Å². The van der Waals surface area contributed by atoms with Crippen molar-refractivity contribution in [3.63, 3.8) is 0 Å². The van der Waals surface area contributed by atoms with E-state index in [1.165, 1.54) is 0 Å². The van der Waals surface area contributed by atoms with E-state index < -0.39 is 12.1 Å². The Labute approximate surface area is 101 Å². The Bertz CT molecular complexity index is 377. The number of aromatic carboxylic acids is 1. The predicted molar refractivity (Wildman–Crippen MR) is 66.0 cm³/mol. The van der Waals surface area contributed by atoms with Crippen LogP contribution in [0.4, 0.5) is 0 Å². The molecule has 3 N–H and O–H groups in total. The molecule has 1 atom stereocenters. The fourth-order valence-corrected chi connectivity index (χ4v) is 1.47. The molecule has 0 heterocycles. The van der Waals surface area contributed by atoms with Crippen LogP contribution in [0.15, 0.2) is 24.3 Å². The van der Waals surface area contributed by atoms with Crippen LogP contribution in [0.25, 0.3) is 0 Å². The van der Waals surface area contributed by atoms with Crippen LogP contribution in [-0.4, -0.2) is 28.8 Å². The number of rotatable bonds is 6. The average Bonchev–Trinajstić information content (AvgIpc) is 2.29. The maximum Gasteiger partial charge on any atom is 0.336 e. The van der Waals surface area contributed by atoms with E-state index in [-0.39, 0.29) is 5.92 Å². The Balaban J connectivity index is 2.55. The van der Waals surface area contributed by atoms with Crippen molar-refractivity contribution >= 4 is 5.97 Å². The number of carboxylic acid groups (broad SMARTS) is 1. The van der Waals surface area contributed by atoms with Gasteiger partial charge in [0, 0.05) is 13.1 Å². The molecule has 0 amide bonds. The van der Waals surface area contributed by atoms with Crippen LogP contribution in [0.1, 0.15) is 29.8 Å². The number of nitrogens with one attached hydrogen (secondary N) is 1. The second-order valence-corrected chi connectivity index (χ2v) is 4.40. The molecule has 0 spiro atoms. The Morgan fingerprint density at radius 1 is 1.35 bits per heavy atom. The Morgan fingerprint density at radius 3 is 2.59 bits per heavy atom. The molecule has 0 aromatic heterocycles. The van der Waals surface area contributed by atoms with E-state index >= 15 is 0 Å². The first-order chi connectivity index (χ1) is 8.02. The maximum atomic E-state index is 10.9. The highest BCUT2D eigenvalue weighted by Crippen LogP contribution is 2.08. The molecule has 94 valence electrons. The maximum absolute atomic E-state index is 10.9. The molecule has 1 aromatic rings. The number of hydrogen-bond acceptors (Lipinski definition) is 3. The van der Waals surface area contributed by atoms with Crippen molar-refractivity contribution in [1.29, 1.82) is 0 Å². The average molecular weight is 237 g/mol. The summed E-state index contributed by atoms with van der Waals surface area (Å²) in [7, 11) is 0. The lowest BCUT2D eigenvalue weighted by Crippen LogP contribution is -2.30. The smallest absolute Gasteiger partial charge is 0.336 e. The van der Waals surface area contributed by atoms with Crippen molar-refractivity contribution in [1.82, 2.24) is 5.32 Å². The van der Waals surface area contributed by atoms with Crippen LogP contribution in [0.5, 0.6) is 0 Å². The quantitative estimate of drug-likeness (QED) is 0.701. The lowest BCUT2D eigenvalue weighted by atomic mass is 10.1. The normalized spacial score (nSPS) is 12.7. The van der Waals surface area contributed by atoms with Gasteiger partial charge in [0.1, 0.15) is 0 Å². The molecule has 0 aliphatic carbocycles. The second-order valence-electron chi connectivity index (χ2n) is 4.40. The number of aliphatic hydroxyl groups is 1. The number of aliphatic hydroxyl groups excluding tert-OH is 1. The van der Waals surface area contributed by atoms with Gasteiger partial charge in [-0.2, -0.15) is 0 Å². The van der Waals surface area contributed by atoms with Crippen LogP contribution in [0.3, 0.4) is 0 Å². The fourth-order valence-electron chi connectivity index (χ4n) is 1.47. The first-order valence-corrected chi connectivity index (χ1v) is 5.72. The highest BCUT2D eigenvalue weighted by atomic mass is 16.4. The Kier molecular flexibility index (Phi) is 5.12. The molecule has 0 fully saturated rings. The second kappa shape index (κ2) is 6.37. The number of carbonyl (C=O) groups is 1. The van der Waals surface area contributed by atoms with E-state index in [0.717, 1.165) is 5.56 Å². The minimum Gasteiger partial charge on any atom is -0.478 e. The molecule has 4 heteroatoms. The van der Waals surface area contributed by atoms with Gasteiger partial charge < -0.3 is 15.5 Å². The Hall–Kier alpha value is -1.39. The van der Waals surface area contributed by atoms with Crippen LogP contribution in [0, 0.1) is 5.92 Å². The molecule has 4 nitrogen and oxygen atoms in total. The van der Waals surface area contributed by atoms with Crippen molar-refractivity contribution in [2.75, 3.05) is 6.54 Å². The molecule has 1 unspecified atom stereocenters. The standard InChI is InChI=1S/C13H19NO3/c1-9(2)12(15)8-14-7-10-5-3-4-6-11(10)13(16)17/h3-6,9,12,14-15H,7-8H2,1-2H3,(H,16,17). The third-order valence-corrected chi connectivity index (χ3v) is 2.69. The van der Waals surface area contributed by atoms with Gasteiger partial charge in [-0.1, -0.05) is 32.0 Å². The van der Waals surface area contributed by atoms with Crippen molar-refractivity contribution in [2.24, 2.45) is 5.92 Å². The zero-order chi connectivity index (χ0) is 12.8.